The third-order valence-corrected chi connectivity index (χ3v) is 1.41. The Bertz CT molecular complexity index is 234. The average Bonchev–Trinajstić information content (AvgIpc) is 2.03. The van der Waals surface area contributed by atoms with Gasteiger partial charge in [0.1, 0.15) is 6.23 Å². The van der Waals surface area contributed by atoms with Crippen molar-refractivity contribution in [3.05, 3.63) is 24.3 Å². The van der Waals surface area contributed by atoms with Crippen molar-refractivity contribution < 1.29 is 5.11 Å². The van der Waals surface area contributed by atoms with Crippen LogP contribution in [0.1, 0.15) is 13.8 Å². The summed E-state index contributed by atoms with van der Waals surface area (Å²) in [6.07, 6.45) is -0.352. The van der Waals surface area contributed by atoms with Gasteiger partial charge in [-0.1, -0.05) is 13.0 Å². The second kappa shape index (κ2) is 7.17. The largest absolute Gasteiger partial charge is 0.399 e. The molecule has 0 heterocycles. The molecule has 0 saturated carbocycles. The Morgan fingerprint density at radius 3 is 2.00 bits per heavy atom. The Hall–Kier alpha value is -1.26. The van der Waals surface area contributed by atoms with Crippen LogP contribution >= 0.6 is 0 Å². The van der Waals surface area contributed by atoms with Gasteiger partial charge in [0.15, 0.2) is 0 Å². The first-order valence-corrected chi connectivity index (χ1v) is 4.58. The van der Waals surface area contributed by atoms with Gasteiger partial charge < -0.3 is 16.6 Å². The summed E-state index contributed by atoms with van der Waals surface area (Å²) in [5, 5.41) is 11.2. The first-order valence-electron chi connectivity index (χ1n) is 4.58. The molecule has 80 valence electrons. The van der Waals surface area contributed by atoms with E-state index in [1.54, 1.807) is 25.1 Å². The van der Waals surface area contributed by atoms with Crippen molar-refractivity contribution in [2.45, 2.75) is 20.1 Å². The van der Waals surface area contributed by atoms with Gasteiger partial charge in [-0.2, -0.15) is 0 Å². The highest BCUT2D eigenvalue weighted by molar-refractivity contribution is 5.50. The number of nitrogens with one attached hydrogen (secondary N) is 1. The number of rotatable bonds is 2. The minimum Gasteiger partial charge on any atom is -0.399 e. The zero-order valence-electron chi connectivity index (χ0n) is 8.70. The van der Waals surface area contributed by atoms with Crippen LogP contribution in [0.5, 0.6) is 0 Å². The first kappa shape index (κ1) is 12.7. The third kappa shape index (κ3) is 7.39. The molecule has 6 N–H and O–H groups in total. The molecular weight excluding hydrogens is 178 g/mol. The molecular formula is C10H19N3O. The molecule has 0 aliphatic carbocycles. The number of benzene rings is 1. The van der Waals surface area contributed by atoms with Crippen LogP contribution in [0.15, 0.2) is 24.3 Å². The highest BCUT2D eigenvalue weighted by Crippen LogP contribution is 2.06. The van der Waals surface area contributed by atoms with Gasteiger partial charge in [0.05, 0.1) is 0 Å². The predicted molar refractivity (Wildman–Crippen MR) is 60.6 cm³/mol. The number of hydrogen-bond acceptors (Lipinski definition) is 4. The molecule has 0 aliphatic heterocycles. The lowest BCUT2D eigenvalue weighted by atomic mass is 10.3. The van der Waals surface area contributed by atoms with Crippen molar-refractivity contribution in [1.29, 1.82) is 0 Å². The number of aliphatic hydroxyl groups excluding tert-OH is 1. The first-order chi connectivity index (χ1) is 6.56. The summed E-state index contributed by atoms with van der Waals surface area (Å²) < 4.78 is 0. The van der Waals surface area contributed by atoms with Gasteiger partial charge in [-0.15, -0.1) is 0 Å². The lowest BCUT2D eigenvalue weighted by Gasteiger charge is -2.00. The van der Waals surface area contributed by atoms with Crippen molar-refractivity contribution in [3.8, 4) is 0 Å². The molecule has 0 spiro atoms. The second-order valence-electron chi connectivity index (χ2n) is 2.90. The summed E-state index contributed by atoms with van der Waals surface area (Å²) in [6, 6.07) is 7.15. The number of anilines is 2. The number of hydrogen-bond donors (Lipinski definition) is 4. The molecule has 1 unspecified atom stereocenters. The lowest BCUT2D eigenvalue weighted by molar-refractivity contribution is 0.159. The molecule has 1 atom stereocenters. The van der Waals surface area contributed by atoms with Gasteiger partial charge in [-0.25, -0.2) is 0 Å². The van der Waals surface area contributed by atoms with Crippen molar-refractivity contribution >= 4 is 11.4 Å². The molecule has 0 bridgehead atoms. The predicted octanol–water partition coefficient (Wildman–Crippen LogP) is 0.785. The maximum Gasteiger partial charge on any atom is 0.102 e. The van der Waals surface area contributed by atoms with Crippen molar-refractivity contribution in [2.75, 3.05) is 18.0 Å². The molecule has 0 saturated heterocycles. The Morgan fingerprint density at radius 2 is 1.86 bits per heavy atom. The minimum atomic E-state index is -0.352. The van der Waals surface area contributed by atoms with Gasteiger partial charge >= 0.3 is 0 Å². The highest BCUT2D eigenvalue weighted by Gasteiger charge is 1.83. The minimum absolute atomic E-state index is 0.352. The standard InChI is InChI=1S/C6H8N2.C4H11NO/c7-5-2-1-3-6(8)4-5;1-3-5-4(2)6/h1-4H,7-8H2;4-6H,3H2,1-2H3. The van der Waals surface area contributed by atoms with Crippen LogP contribution in [-0.2, 0) is 0 Å². The van der Waals surface area contributed by atoms with Crippen LogP contribution in [0.4, 0.5) is 11.4 Å². The van der Waals surface area contributed by atoms with Crippen LogP contribution in [0.2, 0.25) is 0 Å². The van der Waals surface area contributed by atoms with E-state index >= 15 is 0 Å². The molecule has 0 fully saturated rings. The molecule has 4 nitrogen and oxygen atoms in total. The van der Waals surface area contributed by atoms with E-state index in [4.69, 9.17) is 16.6 Å². The third-order valence-electron chi connectivity index (χ3n) is 1.41. The van der Waals surface area contributed by atoms with Crippen LogP contribution in [-0.4, -0.2) is 17.9 Å². The smallest absolute Gasteiger partial charge is 0.102 e. The maximum atomic E-state index is 8.44. The number of nitrogen functional groups attached to an aromatic ring is 2. The summed E-state index contributed by atoms with van der Waals surface area (Å²) in [7, 11) is 0. The lowest BCUT2D eigenvalue weighted by Crippen LogP contribution is -2.24. The van der Waals surface area contributed by atoms with E-state index in [-0.39, 0.29) is 6.23 Å². The maximum absolute atomic E-state index is 8.44. The van der Waals surface area contributed by atoms with Crippen molar-refractivity contribution in [1.82, 2.24) is 5.32 Å². The normalized spacial score (nSPS) is 11.4. The molecule has 0 radical (unpaired) electrons. The average molecular weight is 197 g/mol. The summed E-state index contributed by atoms with van der Waals surface area (Å²) >= 11 is 0. The fraction of sp³-hybridized carbons (Fsp3) is 0.400. The van der Waals surface area contributed by atoms with E-state index in [2.05, 4.69) is 5.32 Å². The molecule has 0 aliphatic rings. The van der Waals surface area contributed by atoms with E-state index in [1.165, 1.54) is 0 Å². The van der Waals surface area contributed by atoms with Crippen LogP contribution in [0.3, 0.4) is 0 Å². The SMILES string of the molecule is CCNC(C)O.Nc1cccc(N)c1. The fourth-order valence-corrected chi connectivity index (χ4v) is 0.854. The van der Waals surface area contributed by atoms with Crippen molar-refractivity contribution in [2.24, 2.45) is 0 Å². The van der Waals surface area contributed by atoms with E-state index in [1.807, 2.05) is 13.0 Å². The molecule has 0 aromatic heterocycles. The zero-order chi connectivity index (χ0) is 11.0. The molecule has 1 aromatic carbocycles. The molecule has 1 aromatic rings. The Balaban J connectivity index is 0.000000255. The van der Waals surface area contributed by atoms with E-state index in [9.17, 15) is 0 Å². The molecule has 1 rings (SSSR count). The topological polar surface area (TPSA) is 84.3 Å². The Morgan fingerprint density at radius 1 is 1.36 bits per heavy atom. The zero-order valence-corrected chi connectivity index (χ0v) is 8.70. The fourth-order valence-electron chi connectivity index (χ4n) is 0.854. The Kier molecular flexibility index (Phi) is 6.53. The van der Waals surface area contributed by atoms with E-state index in [0.717, 1.165) is 6.54 Å². The molecule has 0 amide bonds. The van der Waals surface area contributed by atoms with E-state index < -0.39 is 0 Å². The summed E-state index contributed by atoms with van der Waals surface area (Å²) in [6.45, 7) is 4.48. The van der Waals surface area contributed by atoms with Gasteiger partial charge in [0.2, 0.25) is 0 Å². The van der Waals surface area contributed by atoms with Gasteiger partial charge in [0, 0.05) is 11.4 Å². The Labute approximate surface area is 84.9 Å². The van der Waals surface area contributed by atoms with Gasteiger partial charge in [-0.05, 0) is 31.7 Å². The van der Waals surface area contributed by atoms with Gasteiger partial charge in [0.25, 0.3) is 0 Å². The summed E-state index contributed by atoms with van der Waals surface area (Å²) in [4.78, 5) is 0. The second-order valence-corrected chi connectivity index (χ2v) is 2.90. The van der Waals surface area contributed by atoms with Crippen LogP contribution < -0.4 is 16.8 Å². The highest BCUT2D eigenvalue weighted by atomic mass is 16.3. The molecule has 14 heavy (non-hydrogen) atoms. The molecule has 4 heteroatoms. The number of nitrogens with two attached hydrogens (primary N) is 2. The van der Waals surface area contributed by atoms with Crippen molar-refractivity contribution in [3.63, 3.8) is 0 Å². The quantitative estimate of drug-likeness (QED) is 0.417. The number of aliphatic hydroxyl groups is 1. The summed E-state index contributed by atoms with van der Waals surface area (Å²) in [5.74, 6) is 0. The van der Waals surface area contributed by atoms with Crippen LogP contribution in [0.25, 0.3) is 0 Å². The van der Waals surface area contributed by atoms with Gasteiger partial charge in [-0.3, -0.25) is 5.32 Å². The van der Waals surface area contributed by atoms with Crippen LogP contribution in [0, 0.1) is 0 Å². The van der Waals surface area contributed by atoms with E-state index in [0.29, 0.717) is 11.4 Å². The monoisotopic (exact) mass is 197 g/mol. The summed E-state index contributed by atoms with van der Waals surface area (Å²) in [5.41, 5.74) is 12.2.